The monoisotopic (exact) mass is 412 g/mol. The molecule has 1 fully saturated rings. The fraction of sp³-hybridized carbons (Fsp3) is 0.435. The maximum absolute atomic E-state index is 5.53. The molecule has 2 N–H and O–H groups in total. The molecule has 1 aliphatic heterocycles. The summed E-state index contributed by atoms with van der Waals surface area (Å²) >= 11 is 5.46. The minimum absolute atomic E-state index is 0.687. The Kier molecular flexibility index (Phi) is 7.72. The van der Waals surface area contributed by atoms with E-state index in [0.717, 1.165) is 50.7 Å². The third kappa shape index (κ3) is 6.08. The maximum atomic E-state index is 5.53. The summed E-state index contributed by atoms with van der Waals surface area (Å²) in [7, 11) is 0. The summed E-state index contributed by atoms with van der Waals surface area (Å²) in [6, 6.07) is 14.6. The van der Waals surface area contributed by atoms with Crippen molar-refractivity contribution < 1.29 is 4.74 Å². The van der Waals surface area contributed by atoms with Gasteiger partial charge in [-0.15, -0.1) is 0 Å². The van der Waals surface area contributed by atoms with Crippen molar-refractivity contribution in [1.82, 2.24) is 10.2 Å². The predicted octanol–water partition coefficient (Wildman–Crippen LogP) is 3.81. The maximum Gasteiger partial charge on any atom is 0.170 e. The molecule has 3 rings (SSSR count). The highest BCUT2D eigenvalue weighted by Gasteiger charge is 2.17. The van der Waals surface area contributed by atoms with Gasteiger partial charge >= 0.3 is 0 Å². The van der Waals surface area contributed by atoms with Crippen LogP contribution < -0.4 is 20.3 Å². The van der Waals surface area contributed by atoms with E-state index in [-0.39, 0.29) is 0 Å². The van der Waals surface area contributed by atoms with Crippen LogP contribution in [-0.4, -0.2) is 55.9 Å². The Morgan fingerprint density at radius 3 is 2.45 bits per heavy atom. The molecule has 6 heteroatoms. The Labute approximate surface area is 180 Å². The van der Waals surface area contributed by atoms with Gasteiger partial charge in [-0.2, -0.15) is 0 Å². The largest absolute Gasteiger partial charge is 0.494 e. The summed E-state index contributed by atoms with van der Waals surface area (Å²) in [6.07, 6.45) is 0. The Morgan fingerprint density at radius 1 is 1.03 bits per heavy atom. The van der Waals surface area contributed by atoms with E-state index in [9.17, 15) is 0 Å². The van der Waals surface area contributed by atoms with Crippen LogP contribution >= 0.6 is 12.2 Å². The highest BCUT2D eigenvalue weighted by atomic mass is 32.1. The number of hydrogen-bond donors (Lipinski definition) is 2. The van der Waals surface area contributed by atoms with Crippen molar-refractivity contribution in [3.63, 3.8) is 0 Å². The van der Waals surface area contributed by atoms with Gasteiger partial charge in [0.15, 0.2) is 5.11 Å². The van der Waals surface area contributed by atoms with Gasteiger partial charge in [0.2, 0.25) is 0 Å². The molecule has 156 valence electrons. The van der Waals surface area contributed by atoms with Crippen LogP contribution in [0.2, 0.25) is 0 Å². The fourth-order valence-corrected chi connectivity index (χ4v) is 3.74. The zero-order chi connectivity index (χ0) is 20.6. The van der Waals surface area contributed by atoms with Gasteiger partial charge in [0.1, 0.15) is 5.75 Å². The molecule has 0 bridgehead atoms. The quantitative estimate of drug-likeness (QED) is 0.674. The van der Waals surface area contributed by atoms with E-state index in [4.69, 9.17) is 17.0 Å². The van der Waals surface area contributed by atoms with Gasteiger partial charge in [-0.05, 0) is 74.4 Å². The Morgan fingerprint density at radius 2 is 1.76 bits per heavy atom. The Hall–Kier alpha value is -2.31. The summed E-state index contributed by atoms with van der Waals surface area (Å²) in [5.41, 5.74) is 4.85. The summed E-state index contributed by atoms with van der Waals surface area (Å²) in [5, 5.41) is 7.34. The van der Waals surface area contributed by atoms with Crippen molar-refractivity contribution >= 4 is 28.7 Å². The second kappa shape index (κ2) is 10.5. The average Bonchev–Trinajstić information content (AvgIpc) is 2.73. The van der Waals surface area contributed by atoms with E-state index in [1.54, 1.807) is 0 Å². The molecular formula is C23H32N4OS. The second-order valence-electron chi connectivity index (χ2n) is 7.38. The van der Waals surface area contributed by atoms with Gasteiger partial charge < -0.3 is 20.3 Å². The lowest BCUT2D eigenvalue weighted by Gasteiger charge is -2.36. The molecule has 0 atom stereocenters. The first-order valence-electron chi connectivity index (χ1n) is 10.4. The number of piperazine rings is 1. The summed E-state index contributed by atoms with van der Waals surface area (Å²) in [6.45, 7) is 13.0. The van der Waals surface area contributed by atoms with E-state index in [2.05, 4.69) is 76.7 Å². The number of hydrogen-bond acceptors (Lipinski definition) is 4. The second-order valence-corrected chi connectivity index (χ2v) is 7.79. The molecule has 0 radical (unpaired) electrons. The lowest BCUT2D eigenvalue weighted by molar-refractivity contribution is 0.262. The average molecular weight is 413 g/mol. The Balaban J connectivity index is 1.37. The minimum atomic E-state index is 0.687. The molecule has 0 amide bonds. The first-order valence-corrected chi connectivity index (χ1v) is 10.8. The first kappa shape index (κ1) is 21.4. The van der Waals surface area contributed by atoms with E-state index in [1.807, 2.05) is 6.92 Å². The molecule has 0 aromatic heterocycles. The van der Waals surface area contributed by atoms with Gasteiger partial charge in [-0.1, -0.05) is 12.1 Å². The summed E-state index contributed by atoms with van der Waals surface area (Å²) in [4.78, 5) is 4.92. The van der Waals surface area contributed by atoms with Crippen LogP contribution in [0.5, 0.6) is 5.75 Å². The molecular weight excluding hydrogens is 380 g/mol. The molecule has 2 aromatic carbocycles. The van der Waals surface area contributed by atoms with Gasteiger partial charge in [-0.25, -0.2) is 0 Å². The summed E-state index contributed by atoms with van der Waals surface area (Å²) < 4.78 is 5.53. The van der Waals surface area contributed by atoms with Gasteiger partial charge in [0, 0.05) is 50.6 Å². The van der Waals surface area contributed by atoms with E-state index < -0.39 is 0 Å². The van der Waals surface area contributed by atoms with Crippen LogP contribution in [0.15, 0.2) is 42.5 Å². The third-order valence-corrected chi connectivity index (χ3v) is 5.70. The highest BCUT2D eigenvalue weighted by Crippen LogP contribution is 2.21. The number of benzene rings is 2. The lowest BCUT2D eigenvalue weighted by atomic mass is 10.1. The normalized spacial score (nSPS) is 14.5. The van der Waals surface area contributed by atoms with Crippen molar-refractivity contribution in [1.29, 1.82) is 0 Å². The molecule has 2 aromatic rings. The molecule has 1 saturated heterocycles. The number of ether oxygens (including phenoxy) is 1. The van der Waals surface area contributed by atoms with Crippen molar-refractivity contribution in [3.05, 3.63) is 53.6 Å². The smallest absolute Gasteiger partial charge is 0.170 e. The fourth-order valence-electron chi connectivity index (χ4n) is 3.53. The number of rotatable bonds is 7. The van der Waals surface area contributed by atoms with Crippen LogP contribution in [0, 0.1) is 13.8 Å². The van der Waals surface area contributed by atoms with Gasteiger partial charge in [0.25, 0.3) is 0 Å². The molecule has 0 saturated carbocycles. The molecule has 0 unspecified atom stereocenters. The first-order chi connectivity index (χ1) is 14.1. The number of nitrogens with zero attached hydrogens (tertiary/aromatic N) is 2. The molecule has 0 spiro atoms. The van der Waals surface area contributed by atoms with Crippen molar-refractivity contribution in [2.45, 2.75) is 20.8 Å². The number of nitrogens with one attached hydrogen (secondary N) is 2. The van der Waals surface area contributed by atoms with E-state index in [0.29, 0.717) is 11.7 Å². The molecule has 0 aliphatic carbocycles. The third-order valence-electron chi connectivity index (χ3n) is 5.45. The standard InChI is InChI=1S/C23H32N4OS/c1-4-28-21-10-8-20(9-11-21)27-16-14-26(15-17-27)13-12-24-23(29)25-22-7-5-6-18(2)19(22)3/h5-11H,4,12-17H2,1-3H3,(H2,24,25,29). The Bertz CT molecular complexity index is 801. The van der Waals surface area contributed by atoms with E-state index >= 15 is 0 Å². The topological polar surface area (TPSA) is 39.8 Å². The molecule has 5 nitrogen and oxygen atoms in total. The molecule has 1 aliphatic rings. The highest BCUT2D eigenvalue weighted by molar-refractivity contribution is 7.80. The van der Waals surface area contributed by atoms with Crippen molar-refractivity contribution in [3.8, 4) is 5.75 Å². The van der Waals surface area contributed by atoms with Crippen LogP contribution in [0.25, 0.3) is 0 Å². The van der Waals surface area contributed by atoms with Crippen LogP contribution in [-0.2, 0) is 0 Å². The molecule has 29 heavy (non-hydrogen) atoms. The predicted molar refractivity (Wildman–Crippen MR) is 126 cm³/mol. The minimum Gasteiger partial charge on any atom is -0.494 e. The number of thiocarbonyl (C=S) groups is 1. The lowest BCUT2D eigenvalue weighted by Crippen LogP contribution is -2.48. The van der Waals surface area contributed by atoms with Gasteiger partial charge in [-0.3, -0.25) is 4.90 Å². The van der Waals surface area contributed by atoms with Crippen molar-refractivity contribution in [2.24, 2.45) is 0 Å². The zero-order valence-corrected chi connectivity index (χ0v) is 18.5. The van der Waals surface area contributed by atoms with Gasteiger partial charge in [0.05, 0.1) is 6.61 Å². The SMILES string of the molecule is CCOc1ccc(N2CCN(CCNC(=S)Nc3cccc(C)c3C)CC2)cc1. The van der Waals surface area contributed by atoms with Crippen LogP contribution in [0.3, 0.4) is 0 Å². The molecule has 1 heterocycles. The summed E-state index contributed by atoms with van der Waals surface area (Å²) in [5.74, 6) is 0.936. The van der Waals surface area contributed by atoms with Crippen LogP contribution in [0.1, 0.15) is 18.1 Å². The van der Waals surface area contributed by atoms with E-state index in [1.165, 1.54) is 16.8 Å². The van der Waals surface area contributed by atoms with Crippen molar-refractivity contribution in [2.75, 3.05) is 56.1 Å². The zero-order valence-electron chi connectivity index (χ0n) is 17.7. The number of anilines is 2. The van der Waals surface area contributed by atoms with Crippen LogP contribution in [0.4, 0.5) is 11.4 Å². The number of aryl methyl sites for hydroxylation is 1.